The van der Waals surface area contributed by atoms with Crippen molar-refractivity contribution in [2.75, 3.05) is 0 Å². The molecule has 160 valence electrons. The summed E-state index contributed by atoms with van der Waals surface area (Å²) in [6, 6.07) is 0. The van der Waals surface area contributed by atoms with Gasteiger partial charge in [0.1, 0.15) is 0 Å². The third kappa shape index (κ3) is 12.8. The molecule has 0 heterocycles. The first-order valence-corrected chi connectivity index (χ1v) is 34.8. The summed E-state index contributed by atoms with van der Waals surface area (Å²) < 4.78 is 0. The molecule has 0 N–H and O–H groups in total. The van der Waals surface area contributed by atoms with Crippen molar-refractivity contribution >= 4 is 7.74 Å². The first kappa shape index (κ1) is 28.6. The maximum absolute atomic E-state index is 2.96. The van der Waals surface area contributed by atoms with Gasteiger partial charge in [0, 0.05) is 0 Å². The summed E-state index contributed by atoms with van der Waals surface area (Å²) in [5.74, 6) is 0. The predicted molar refractivity (Wildman–Crippen MR) is 126 cm³/mol. The van der Waals surface area contributed by atoms with Crippen LogP contribution in [0, 0.1) is 0 Å². The van der Waals surface area contributed by atoms with Crippen LogP contribution >= 0.6 is 7.74 Å². The Balaban J connectivity index is 5.66. The van der Waals surface area contributed by atoms with Crippen LogP contribution in [0.2, 0.25) is 30.1 Å². The van der Waals surface area contributed by atoms with E-state index >= 15 is 0 Å². The second kappa shape index (κ2) is 18.4. The molecule has 27 heavy (non-hydrogen) atoms. The molecule has 0 saturated carbocycles. The molecule has 0 aromatic rings. The normalized spacial score (nSPS) is 11.5. The van der Waals surface area contributed by atoms with Gasteiger partial charge in [0.05, 0.1) is 0 Å². The molecular weight excluding hydrogens is 451 g/mol. The molecule has 0 amide bonds. The molecule has 0 rings (SSSR count). The van der Waals surface area contributed by atoms with Crippen molar-refractivity contribution in [3.05, 3.63) is 0 Å². The van der Waals surface area contributed by atoms with Gasteiger partial charge in [-0.05, 0) is 0 Å². The zero-order valence-corrected chi connectivity index (χ0v) is 27.3. The predicted octanol–water partition coefficient (Wildman–Crippen LogP) is 11.2. The molecule has 0 aliphatic carbocycles. The fourth-order valence-corrected chi connectivity index (χ4v) is 158. The van der Waals surface area contributed by atoms with Crippen LogP contribution in [0.15, 0.2) is 0 Å². The van der Waals surface area contributed by atoms with Crippen LogP contribution in [-0.4, -0.2) is 0 Å². The first-order valence-electron chi connectivity index (χ1n) is 13.8. The van der Waals surface area contributed by atoms with E-state index in [2.05, 4.69) is 49.3 Å². The van der Waals surface area contributed by atoms with Gasteiger partial charge in [0.25, 0.3) is 0 Å². The Morgan fingerprint density at radius 1 is 0.370 bits per heavy atom. The minimum atomic E-state index is -2.15. The monoisotopic (exact) mass is 502 g/mol. The van der Waals surface area contributed by atoms with Gasteiger partial charge in [0.2, 0.25) is 0 Å². The van der Waals surface area contributed by atoms with Gasteiger partial charge in [-0.3, -0.25) is 0 Å². The molecule has 0 nitrogen and oxygen atoms in total. The van der Waals surface area contributed by atoms with Gasteiger partial charge >= 0.3 is 184 Å². The molecule has 0 aliphatic heterocycles. The summed E-state index contributed by atoms with van der Waals surface area (Å²) in [4.78, 5) is 0. The third-order valence-electron chi connectivity index (χ3n) is 8.35. The summed E-state index contributed by atoms with van der Waals surface area (Å²) >= 11 is -4.31. The van der Waals surface area contributed by atoms with Gasteiger partial charge in [0.15, 0.2) is 0 Å². The zero-order chi connectivity index (χ0) is 20.4. The first-order chi connectivity index (χ1) is 13.1. The second-order valence-corrected chi connectivity index (χ2v) is 62.8. The van der Waals surface area contributed by atoms with Gasteiger partial charge < -0.3 is 0 Å². The Hall–Kier alpha value is 1.60. The molecule has 0 saturated heterocycles. The quantitative estimate of drug-likeness (QED) is 0.148. The maximum atomic E-state index is 2.96. The van der Waals surface area contributed by atoms with E-state index in [1.54, 1.807) is 68.6 Å². The summed E-state index contributed by atoms with van der Waals surface area (Å²) in [5.41, 5.74) is 0. The van der Waals surface area contributed by atoms with E-state index in [0.29, 0.717) is 0 Å². The average Bonchev–Trinajstić information content (AvgIpc) is 2.70. The van der Waals surface area contributed by atoms with Crippen LogP contribution in [0.1, 0.15) is 119 Å². The zero-order valence-electron chi connectivity index (χ0n) is 20.6. The fraction of sp³-hybridized carbons (Fsp3) is 1.00. The van der Waals surface area contributed by atoms with E-state index in [4.69, 9.17) is 0 Å². The molecular formula is C24H54SZn2. The van der Waals surface area contributed by atoms with Crippen LogP contribution < -0.4 is 0 Å². The van der Waals surface area contributed by atoms with E-state index in [1.807, 2.05) is 0 Å². The topological polar surface area (TPSA) is 0 Å². The molecule has 0 aliphatic rings. The van der Waals surface area contributed by atoms with Crippen molar-refractivity contribution in [1.29, 1.82) is 0 Å². The fourth-order valence-electron chi connectivity index (χ4n) is 6.83. The van der Waals surface area contributed by atoms with Crippen molar-refractivity contribution in [2.24, 2.45) is 0 Å². The Kier molecular flexibility index (Phi) is 19.5. The second-order valence-electron chi connectivity index (χ2n) is 10.8. The standard InChI is InChI=1S/6C4H9.S.2Zn/c6*1-3-4-2;;;/h6*1,3-4H2,2H3;;;. The van der Waals surface area contributed by atoms with Crippen molar-refractivity contribution in [3.8, 4) is 0 Å². The average molecular weight is 506 g/mol. The van der Waals surface area contributed by atoms with E-state index < -0.39 is 27.1 Å². The van der Waals surface area contributed by atoms with E-state index in [9.17, 15) is 0 Å². The Bertz CT molecular complexity index is 246. The third-order valence-corrected chi connectivity index (χ3v) is 109. The summed E-state index contributed by atoms with van der Waals surface area (Å²) in [5, 5.41) is 10.4. The number of hydrogen-bond acceptors (Lipinski definition) is 1. The SMILES string of the molecule is CCC[CH2][Zn]([CH2]CCC)([CH2]CCC)[S][Zn]([CH2]CCC)([CH2]CCC)[CH2]CCC. The molecule has 3 heteroatoms. The van der Waals surface area contributed by atoms with Gasteiger partial charge in [-0.1, -0.05) is 0 Å². The number of hydrogen-bond donors (Lipinski definition) is 0. The molecule has 0 radical (unpaired) electrons. The van der Waals surface area contributed by atoms with Crippen molar-refractivity contribution in [1.82, 2.24) is 0 Å². The molecule has 0 atom stereocenters. The van der Waals surface area contributed by atoms with Crippen LogP contribution in [0.3, 0.4) is 0 Å². The Morgan fingerprint density at radius 3 is 0.704 bits per heavy atom. The van der Waals surface area contributed by atoms with Crippen LogP contribution in [0.5, 0.6) is 0 Å². The molecule has 0 bridgehead atoms. The van der Waals surface area contributed by atoms with E-state index in [-0.39, 0.29) is 0 Å². The van der Waals surface area contributed by atoms with Crippen LogP contribution in [-0.2, 0) is 27.1 Å². The molecule has 0 fully saturated rings. The minimum absolute atomic E-state index is 1.43. The summed E-state index contributed by atoms with van der Waals surface area (Å²) in [6.45, 7) is 14.6. The van der Waals surface area contributed by atoms with Gasteiger partial charge in [-0.25, -0.2) is 0 Å². The molecule has 0 unspecified atom stereocenters. The number of unbranched alkanes of at least 4 members (excludes halogenated alkanes) is 6. The van der Waals surface area contributed by atoms with Gasteiger partial charge in [-0.2, -0.15) is 0 Å². The van der Waals surface area contributed by atoms with Crippen molar-refractivity contribution < 1.29 is 27.1 Å². The summed E-state index contributed by atoms with van der Waals surface area (Å²) in [6.07, 6.45) is 17.9. The Labute approximate surface area is 182 Å². The van der Waals surface area contributed by atoms with Gasteiger partial charge in [-0.15, -0.1) is 0 Å². The number of rotatable bonds is 20. The van der Waals surface area contributed by atoms with Crippen LogP contribution in [0.25, 0.3) is 0 Å². The molecule has 0 aromatic carbocycles. The van der Waals surface area contributed by atoms with E-state index in [0.717, 1.165) is 0 Å². The van der Waals surface area contributed by atoms with Crippen molar-refractivity contribution in [2.45, 2.75) is 149 Å². The molecule has 0 aromatic heterocycles. The van der Waals surface area contributed by atoms with E-state index in [1.165, 1.54) is 38.5 Å². The Morgan fingerprint density at radius 2 is 0.556 bits per heavy atom. The van der Waals surface area contributed by atoms with Crippen LogP contribution in [0.4, 0.5) is 0 Å². The van der Waals surface area contributed by atoms with Crippen molar-refractivity contribution in [3.63, 3.8) is 0 Å². The molecule has 0 spiro atoms. The summed E-state index contributed by atoms with van der Waals surface area (Å²) in [7, 11) is 2.96.